The van der Waals surface area contributed by atoms with E-state index < -0.39 is 0 Å². The normalized spacial score (nSPS) is 12.6. The van der Waals surface area contributed by atoms with Crippen LogP contribution in [0.4, 0.5) is 0 Å². The highest BCUT2D eigenvalue weighted by Gasteiger charge is 2.14. The van der Waals surface area contributed by atoms with Gasteiger partial charge < -0.3 is 10.3 Å². The van der Waals surface area contributed by atoms with Crippen LogP contribution in [0.15, 0.2) is 28.8 Å². The third-order valence-electron chi connectivity index (χ3n) is 3.11. The minimum absolute atomic E-state index is 0.140. The van der Waals surface area contributed by atoms with Crippen LogP contribution in [-0.4, -0.2) is 10.1 Å². The lowest BCUT2D eigenvalue weighted by Gasteiger charge is -2.03. The molecule has 1 unspecified atom stereocenters. The lowest BCUT2D eigenvalue weighted by molar-refractivity contribution is 0.343. The Bertz CT molecular complexity index is 522. The Hall–Kier alpha value is -1.68. The zero-order chi connectivity index (χ0) is 13.7. The van der Waals surface area contributed by atoms with Crippen LogP contribution in [0.1, 0.15) is 55.1 Å². The second kappa shape index (κ2) is 6.48. The van der Waals surface area contributed by atoms with E-state index in [1.54, 1.807) is 0 Å². The highest BCUT2D eigenvalue weighted by molar-refractivity contribution is 5.24. The van der Waals surface area contributed by atoms with Crippen LogP contribution in [0.5, 0.6) is 0 Å². The van der Waals surface area contributed by atoms with Gasteiger partial charge in [-0.3, -0.25) is 0 Å². The maximum atomic E-state index is 6.02. The molecule has 1 aromatic carbocycles. The first-order valence-electron chi connectivity index (χ1n) is 6.82. The summed E-state index contributed by atoms with van der Waals surface area (Å²) in [6.07, 6.45) is 3.78. The van der Waals surface area contributed by atoms with Gasteiger partial charge in [-0.15, -0.1) is 0 Å². The summed E-state index contributed by atoms with van der Waals surface area (Å²) in [4.78, 5) is 4.39. The van der Waals surface area contributed by atoms with E-state index in [0.717, 1.165) is 19.3 Å². The summed E-state index contributed by atoms with van der Waals surface area (Å²) in [6, 6.07) is 8.18. The number of hydrogen-bond acceptors (Lipinski definition) is 4. The monoisotopic (exact) mass is 259 g/mol. The van der Waals surface area contributed by atoms with E-state index in [2.05, 4.69) is 42.2 Å². The van der Waals surface area contributed by atoms with Crippen molar-refractivity contribution in [2.24, 2.45) is 5.73 Å². The minimum atomic E-state index is -0.140. The Morgan fingerprint density at radius 3 is 2.95 bits per heavy atom. The van der Waals surface area contributed by atoms with Gasteiger partial charge >= 0.3 is 0 Å². The third-order valence-corrected chi connectivity index (χ3v) is 3.11. The van der Waals surface area contributed by atoms with Crippen LogP contribution in [0, 0.1) is 6.92 Å². The van der Waals surface area contributed by atoms with E-state index in [-0.39, 0.29) is 6.04 Å². The molecule has 0 saturated heterocycles. The quantitative estimate of drug-likeness (QED) is 0.865. The first kappa shape index (κ1) is 13.7. The fourth-order valence-corrected chi connectivity index (χ4v) is 2.04. The molecule has 0 spiro atoms. The van der Waals surface area contributed by atoms with E-state index >= 15 is 0 Å². The van der Waals surface area contributed by atoms with Gasteiger partial charge in [0.05, 0.1) is 6.04 Å². The molecule has 0 bridgehead atoms. The molecular weight excluding hydrogens is 238 g/mol. The lowest BCUT2D eigenvalue weighted by Crippen LogP contribution is -2.10. The van der Waals surface area contributed by atoms with E-state index in [0.29, 0.717) is 18.1 Å². The number of benzene rings is 1. The molecule has 1 aromatic heterocycles. The zero-order valence-corrected chi connectivity index (χ0v) is 11.6. The fourth-order valence-electron chi connectivity index (χ4n) is 2.04. The molecule has 0 radical (unpaired) electrons. The minimum Gasteiger partial charge on any atom is -0.338 e. The molecule has 4 heteroatoms. The van der Waals surface area contributed by atoms with Gasteiger partial charge in [0.15, 0.2) is 5.82 Å². The van der Waals surface area contributed by atoms with Gasteiger partial charge in [0.1, 0.15) is 0 Å². The number of nitrogens with two attached hydrogens (primary N) is 1. The molecule has 0 aliphatic rings. The van der Waals surface area contributed by atoms with E-state index in [9.17, 15) is 0 Å². The Labute approximate surface area is 114 Å². The van der Waals surface area contributed by atoms with Crippen molar-refractivity contribution >= 4 is 0 Å². The molecular formula is C15H21N3O. The van der Waals surface area contributed by atoms with Crippen molar-refractivity contribution in [1.82, 2.24) is 10.1 Å². The summed E-state index contributed by atoms with van der Waals surface area (Å²) in [5.41, 5.74) is 8.44. The Kier molecular flexibility index (Phi) is 4.68. The number of aromatic nitrogens is 2. The third kappa shape index (κ3) is 3.89. The molecule has 1 heterocycles. The first-order valence-corrected chi connectivity index (χ1v) is 6.82. The Morgan fingerprint density at radius 2 is 2.21 bits per heavy atom. The number of nitrogens with zero attached hydrogens (tertiary/aromatic N) is 2. The maximum absolute atomic E-state index is 6.02. The summed E-state index contributed by atoms with van der Waals surface area (Å²) in [7, 11) is 0. The summed E-state index contributed by atoms with van der Waals surface area (Å²) >= 11 is 0. The molecule has 19 heavy (non-hydrogen) atoms. The molecule has 0 amide bonds. The van der Waals surface area contributed by atoms with E-state index in [1.807, 2.05) is 6.07 Å². The van der Waals surface area contributed by atoms with Crippen molar-refractivity contribution in [2.75, 3.05) is 0 Å². The number of unbranched alkanes of at least 4 members (excludes halogenated alkanes) is 1. The van der Waals surface area contributed by atoms with Crippen LogP contribution >= 0.6 is 0 Å². The van der Waals surface area contributed by atoms with Crippen LogP contribution in [0.3, 0.4) is 0 Å². The molecule has 0 saturated carbocycles. The first-order chi connectivity index (χ1) is 9.19. The average Bonchev–Trinajstić information content (AvgIpc) is 2.84. The standard InChI is InChI=1S/C15H21N3O/c1-3-4-8-13(16)15-17-14(18-19-15)10-12-7-5-6-11(2)9-12/h5-7,9,13H,3-4,8,10,16H2,1-2H3. The molecule has 2 aromatic rings. The number of aryl methyl sites for hydroxylation is 1. The lowest BCUT2D eigenvalue weighted by atomic mass is 10.1. The number of rotatable bonds is 6. The Morgan fingerprint density at radius 1 is 1.37 bits per heavy atom. The summed E-state index contributed by atoms with van der Waals surface area (Å²) in [5, 5.41) is 4.00. The van der Waals surface area contributed by atoms with Gasteiger partial charge in [-0.05, 0) is 18.9 Å². The highest BCUT2D eigenvalue weighted by atomic mass is 16.5. The van der Waals surface area contributed by atoms with Crippen molar-refractivity contribution in [3.63, 3.8) is 0 Å². The molecule has 0 aliphatic heterocycles. The molecule has 2 N–H and O–H groups in total. The second-order valence-electron chi connectivity index (χ2n) is 4.96. The van der Waals surface area contributed by atoms with Crippen LogP contribution in [0.2, 0.25) is 0 Å². The zero-order valence-electron chi connectivity index (χ0n) is 11.6. The highest BCUT2D eigenvalue weighted by Crippen LogP contribution is 2.16. The largest absolute Gasteiger partial charge is 0.338 e. The SMILES string of the molecule is CCCCC(N)c1nc(Cc2cccc(C)c2)no1. The maximum Gasteiger partial charge on any atom is 0.243 e. The van der Waals surface area contributed by atoms with Crippen LogP contribution in [-0.2, 0) is 6.42 Å². The summed E-state index contributed by atoms with van der Waals surface area (Å²) in [6.45, 7) is 4.22. The van der Waals surface area contributed by atoms with Gasteiger partial charge in [-0.25, -0.2) is 0 Å². The summed E-state index contributed by atoms with van der Waals surface area (Å²) < 4.78 is 5.24. The van der Waals surface area contributed by atoms with Gasteiger partial charge in [-0.1, -0.05) is 54.8 Å². The summed E-state index contributed by atoms with van der Waals surface area (Å²) in [5.74, 6) is 1.25. The van der Waals surface area contributed by atoms with Crippen molar-refractivity contribution in [3.8, 4) is 0 Å². The molecule has 1 atom stereocenters. The van der Waals surface area contributed by atoms with E-state index in [4.69, 9.17) is 10.3 Å². The van der Waals surface area contributed by atoms with Crippen molar-refractivity contribution < 1.29 is 4.52 Å². The van der Waals surface area contributed by atoms with Crippen molar-refractivity contribution in [3.05, 3.63) is 47.1 Å². The van der Waals surface area contributed by atoms with Crippen LogP contribution < -0.4 is 5.73 Å². The molecule has 2 rings (SSSR count). The molecule has 0 aliphatic carbocycles. The smallest absolute Gasteiger partial charge is 0.243 e. The van der Waals surface area contributed by atoms with Gasteiger partial charge in [-0.2, -0.15) is 4.98 Å². The molecule has 0 fully saturated rings. The van der Waals surface area contributed by atoms with Gasteiger partial charge in [0, 0.05) is 6.42 Å². The predicted octanol–water partition coefficient (Wildman–Crippen LogP) is 3.16. The fraction of sp³-hybridized carbons (Fsp3) is 0.467. The topological polar surface area (TPSA) is 64.9 Å². The molecule has 102 valence electrons. The van der Waals surface area contributed by atoms with Crippen LogP contribution in [0.25, 0.3) is 0 Å². The average molecular weight is 259 g/mol. The molecule has 4 nitrogen and oxygen atoms in total. The second-order valence-corrected chi connectivity index (χ2v) is 4.96. The van der Waals surface area contributed by atoms with Gasteiger partial charge in [0.25, 0.3) is 0 Å². The predicted molar refractivity (Wildman–Crippen MR) is 74.7 cm³/mol. The van der Waals surface area contributed by atoms with Crippen molar-refractivity contribution in [2.45, 2.75) is 45.6 Å². The van der Waals surface area contributed by atoms with Gasteiger partial charge in [0.2, 0.25) is 5.89 Å². The Balaban J connectivity index is 2.01. The number of hydrogen-bond donors (Lipinski definition) is 1. The van der Waals surface area contributed by atoms with E-state index in [1.165, 1.54) is 11.1 Å². The van der Waals surface area contributed by atoms with Crippen molar-refractivity contribution in [1.29, 1.82) is 0 Å².